The van der Waals surface area contributed by atoms with Crippen LogP contribution in [0.5, 0.6) is 0 Å². The van der Waals surface area contributed by atoms with Gasteiger partial charge in [-0.25, -0.2) is 0 Å². The number of likely N-dealkylation sites (tertiary alicyclic amines) is 2. The SMILES string of the molecule is O=C(COC1CCN(C2CCCCC2)CC1)N1CCC(Nc2ccc([N+](=O)[O-])c(C(F)(F)F)c2)CC1. The van der Waals surface area contributed by atoms with Crippen LogP contribution in [0.3, 0.4) is 0 Å². The fraction of sp³-hybridized carbons (Fsp3) is 0.720. The predicted octanol–water partition coefficient (Wildman–Crippen LogP) is 4.83. The third-order valence-corrected chi connectivity index (χ3v) is 7.73. The van der Waals surface area contributed by atoms with Crippen LogP contribution in [0.4, 0.5) is 24.5 Å². The molecule has 1 amide bonds. The van der Waals surface area contributed by atoms with E-state index in [4.69, 9.17) is 4.74 Å². The molecule has 0 radical (unpaired) electrons. The van der Waals surface area contributed by atoms with E-state index < -0.39 is 22.4 Å². The first kappa shape index (κ1) is 26.7. The third-order valence-electron chi connectivity index (χ3n) is 7.73. The number of piperidine rings is 2. The summed E-state index contributed by atoms with van der Waals surface area (Å²) in [6, 6.07) is 3.53. The topological polar surface area (TPSA) is 88.0 Å². The summed E-state index contributed by atoms with van der Waals surface area (Å²) in [7, 11) is 0. The van der Waals surface area contributed by atoms with E-state index in [0.717, 1.165) is 38.1 Å². The summed E-state index contributed by atoms with van der Waals surface area (Å²) in [4.78, 5) is 26.9. The van der Waals surface area contributed by atoms with Crippen LogP contribution in [-0.2, 0) is 15.7 Å². The Bertz CT molecular complexity index is 907. The van der Waals surface area contributed by atoms with Crippen molar-refractivity contribution in [2.24, 2.45) is 0 Å². The fourth-order valence-corrected chi connectivity index (χ4v) is 5.66. The number of halogens is 3. The van der Waals surface area contributed by atoms with Gasteiger partial charge >= 0.3 is 6.18 Å². The van der Waals surface area contributed by atoms with Gasteiger partial charge in [0.25, 0.3) is 5.69 Å². The van der Waals surface area contributed by atoms with Crippen molar-refractivity contribution in [3.05, 3.63) is 33.9 Å². The number of hydrogen-bond acceptors (Lipinski definition) is 6. The van der Waals surface area contributed by atoms with Crippen molar-refractivity contribution < 1.29 is 27.6 Å². The van der Waals surface area contributed by atoms with Gasteiger partial charge in [0.2, 0.25) is 5.91 Å². The van der Waals surface area contributed by atoms with Crippen LogP contribution in [0.2, 0.25) is 0 Å². The average molecular weight is 513 g/mol. The molecule has 2 heterocycles. The highest BCUT2D eigenvalue weighted by atomic mass is 19.4. The van der Waals surface area contributed by atoms with Gasteiger partial charge in [0, 0.05) is 50.0 Å². The van der Waals surface area contributed by atoms with Crippen LogP contribution >= 0.6 is 0 Å². The maximum Gasteiger partial charge on any atom is 0.423 e. The molecule has 3 fully saturated rings. The molecule has 3 aliphatic rings. The van der Waals surface area contributed by atoms with Gasteiger partial charge in [-0.2, -0.15) is 13.2 Å². The van der Waals surface area contributed by atoms with Crippen molar-refractivity contribution in [2.45, 2.75) is 82.2 Å². The smallest absolute Gasteiger partial charge is 0.382 e. The average Bonchev–Trinajstić information content (AvgIpc) is 2.88. The summed E-state index contributed by atoms with van der Waals surface area (Å²) in [6.45, 7) is 3.08. The van der Waals surface area contributed by atoms with Crippen LogP contribution in [0, 0.1) is 10.1 Å². The van der Waals surface area contributed by atoms with Gasteiger partial charge in [0.05, 0.1) is 11.0 Å². The standard InChI is InChI=1S/C25H35F3N4O4/c26-25(27,28)22-16-19(6-7-23(22)32(34)35)29-18-8-12-31(13-9-18)24(33)17-36-21-10-14-30(15-11-21)20-4-2-1-3-5-20/h6-7,16,18,20-21,29H,1-5,8-15,17H2. The first-order valence-corrected chi connectivity index (χ1v) is 13.0. The first-order valence-electron chi connectivity index (χ1n) is 13.0. The number of carbonyl (C=O) groups excluding carboxylic acids is 1. The Morgan fingerprint density at radius 3 is 2.31 bits per heavy atom. The number of hydrogen-bond donors (Lipinski definition) is 1. The molecule has 1 N–H and O–H groups in total. The van der Waals surface area contributed by atoms with Crippen molar-refractivity contribution in [3.63, 3.8) is 0 Å². The fourth-order valence-electron chi connectivity index (χ4n) is 5.66. The number of anilines is 1. The highest BCUT2D eigenvalue weighted by Gasteiger charge is 2.38. The molecule has 1 saturated carbocycles. The van der Waals surface area contributed by atoms with Crippen molar-refractivity contribution in [1.29, 1.82) is 0 Å². The van der Waals surface area contributed by atoms with Crippen LogP contribution in [-0.4, -0.2) is 71.6 Å². The Morgan fingerprint density at radius 2 is 1.69 bits per heavy atom. The molecule has 11 heteroatoms. The molecule has 0 atom stereocenters. The maximum atomic E-state index is 13.2. The zero-order chi connectivity index (χ0) is 25.7. The van der Waals surface area contributed by atoms with E-state index in [2.05, 4.69) is 10.2 Å². The van der Waals surface area contributed by atoms with Gasteiger partial charge < -0.3 is 19.9 Å². The second-order valence-electron chi connectivity index (χ2n) is 10.1. The highest BCUT2D eigenvalue weighted by molar-refractivity contribution is 5.77. The minimum atomic E-state index is -4.82. The molecule has 2 aliphatic heterocycles. The molecule has 1 aromatic rings. The van der Waals surface area contributed by atoms with Gasteiger partial charge in [0.1, 0.15) is 12.2 Å². The van der Waals surface area contributed by atoms with Gasteiger partial charge in [-0.1, -0.05) is 19.3 Å². The number of nitrogens with zero attached hydrogens (tertiary/aromatic N) is 3. The predicted molar refractivity (Wildman–Crippen MR) is 129 cm³/mol. The number of alkyl halides is 3. The van der Waals surface area contributed by atoms with Crippen LogP contribution in [0.15, 0.2) is 18.2 Å². The zero-order valence-electron chi connectivity index (χ0n) is 20.5. The Balaban J connectivity index is 1.19. The van der Waals surface area contributed by atoms with Crippen LogP contribution in [0.25, 0.3) is 0 Å². The van der Waals surface area contributed by atoms with E-state index in [0.29, 0.717) is 32.0 Å². The quantitative estimate of drug-likeness (QED) is 0.416. The molecule has 2 saturated heterocycles. The number of nitrogens with one attached hydrogen (secondary N) is 1. The summed E-state index contributed by atoms with van der Waals surface area (Å²) in [5.74, 6) is -0.0575. The maximum absolute atomic E-state index is 13.2. The van der Waals surface area contributed by atoms with Crippen molar-refractivity contribution >= 4 is 17.3 Å². The van der Waals surface area contributed by atoms with Gasteiger partial charge in [-0.05, 0) is 50.7 Å². The summed E-state index contributed by atoms with van der Waals surface area (Å²) in [5.41, 5.74) is -2.06. The molecule has 0 unspecified atom stereocenters. The molecule has 0 spiro atoms. The lowest BCUT2D eigenvalue weighted by atomic mass is 9.92. The van der Waals surface area contributed by atoms with Gasteiger partial charge in [-0.3, -0.25) is 14.9 Å². The molecular formula is C25H35F3N4O4. The highest BCUT2D eigenvalue weighted by Crippen LogP contribution is 2.38. The second-order valence-corrected chi connectivity index (χ2v) is 10.1. The minimum Gasteiger partial charge on any atom is -0.382 e. The van der Waals surface area contributed by atoms with Crippen molar-refractivity contribution in [1.82, 2.24) is 9.80 Å². The molecule has 1 aliphatic carbocycles. The Morgan fingerprint density at radius 1 is 1.03 bits per heavy atom. The van der Waals surface area contributed by atoms with Crippen LogP contribution < -0.4 is 5.32 Å². The first-order chi connectivity index (χ1) is 17.2. The molecule has 4 rings (SSSR count). The van der Waals surface area contributed by atoms with E-state index in [1.807, 2.05) is 0 Å². The molecule has 0 aromatic heterocycles. The number of amides is 1. The van der Waals surface area contributed by atoms with E-state index in [-0.39, 0.29) is 30.3 Å². The van der Waals surface area contributed by atoms with E-state index in [1.54, 1.807) is 4.90 Å². The third kappa shape index (κ3) is 6.88. The molecular weight excluding hydrogens is 477 g/mol. The normalized spacial score (nSPS) is 21.5. The Labute approximate surface area is 209 Å². The van der Waals surface area contributed by atoms with Crippen molar-refractivity contribution in [3.8, 4) is 0 Å². The zero-order valence-corrected chi connectivity index (χ0v) is 20.5. The number of carbonyl (C=O) groups is 1. The van der Waals surface area contributed by atoms with Gasteiger partial charge in [-0.15, -0.1) is 0 Å². The number of nitro benzene ring substituents is 1. The molecule has 0 bridgehead atoms. The lowest BCUT2D eigenvalue weighted by Crippen LogP contribution is -2.46. The molecule has 1 aromatic carbocycles. The number of ether oxygens (including phenoxy) is 1. The second kappa shape index (κ2) is 11.8. The molecule has 8 nitrogen and oxygen atoms in total. The summed E-state index contributed by atoms with van der Waals surface area (Å²) >= 11 is 0. The van der Waals surface area contributed by atoms with Gasteiger partial charge in [0.15, 0.2) is 0 Å². The van der Waals surface area contributed by atoms with E-state index in [9.17, 15) is 28.1 Å². The Kier molecular flexibility index (Phi) is 8.71. The number of benzene rings is 1. The Hall–Kier alpha value is -2.40. The van der Waals surface area contributed by atoms with Crippen molar-refractivity contribution in [2.75, 3.05) is 38.1 Å². The largest absolute Gasteiger partial charge is 0.423 e. The lowest BCUT2D eigenvalue weighted by molar-refractivity contribution is -0.388. The minimum absolute atomic E-state index is 0.0575. The van der Waals surface area contributed by atoms with E-state index in [1.165, 1.54) is 38.2 Å². The molecule has 36 heavy (non-hydrogen) atoms. The summed E-state index contributed by atoms with van der Waals surface area (Å²) in [5, 5.41) is 14.0. The lowest BCUT2D eigenvalue weighted by Gasteiger charge is -2.39. The number of nitro groups is 1. The summed E-state index contributed by atoms with van der Waals surface area (Å²) in [6.07, 6.45) is 4.92. The van der Waals surface area contributed by atoms with E-state index >= 15 is 0 Å². The monoisotopic (exact) mass is 512 g/mol. The number of rotatable bonds is 7. The molecule has 200 valence electrons. The van der Waals surface area contributed by atoms with Crippen LogP contribution in [0.1, 0.15) is 63.4 Å². The summed E-state index contributed by atoms with van der Waals surface area (Å²) < 4.78 is 45.6.